The van der Waals surface area contributed by atoms with Crippen LogP contribution < -0.4 is 10.6 Å². The largest absolute Gasteiger partial charge is 0.348 e. The van der Waals surface area contributed by atoms with E-state index < -0.39 is 0 Å². The molecule has 2 aromatic rings. The second kappa shape index (κ2) is 5.44. The van der Waals surface area contributed by atoms with Gasteiger partial charge in [-0.25, -0.2) is 4.98 Å². The predicted molar refractivity (Wildman–Crippen MR) is 81.3 cm³/mol. The van der Waals surface area contributed by atoms with Gasteiger partial charge in [0.2, 0.25) is 0 Å². The third-order valence-electron chi connectivity index (χ3n) is 3.97. The lowest BCUT2D eigenvalue weighted by atomic mass is 10.1. The number of nitrogens with one attached hydrogen (secondary N) is 2. The summed E-state index contributed by atoms with van der Waals surface area (Å²) < 4.78 is 1.73. The summed E-state index contributed by atoms with van der Waals surface area (Å²) in [5.41, 5.74) is 3.11. The fraction of sp³-hybridized carbons (Fsp3) is 0.533. The Hall–Kier alpha value is -1.95. The number of carbonyl (C=O) groups excluding carboxylic acids is 1. The average molecular weight is 287 g/mol. The van der Waals surface area contributed by atoms with E-state index in [-0.39, 0.29) is 11.9 Å². The minimum absolute atomic E-state index is 0.0321. The number of piperidine rings is 1. The van der Waals surface area contributed by atoms with Crippen LogP contribution in [0.5, 0.6) is 0 Å². The van der Waals surface area contributed by atoms with Crippen LogP contribution in [0.4, 0.5) is 0 Å². The number of rotatable bonds is 2. The van der Waals surface area contributed by atoms with E-state index >= 15 is 0 Å². The third kappa shape index (κ3) is 2.63. The molecule has 0 saturated carbocycles. The van der Waals surface area contributed by atoms with Gasteiger partial charge in [-0.3, -0.25) is 9.48 Å². The molecule has 21 heavy (non-hydrogen) atoms. The summed E-state index contributed by atoms with van der Waals surface area (Å²) in [6.45, 7) is 5.69. The van der Waals surface area contributed by atoms with Gasteiger partial charge in [-0.2, -0.15) is 5.10 Å². The minimum Gasteiger partial charge on any atom is -0.348 e. The van der Waals surface area contributed by atoms with E-state index in [0.717, 1.165) is 48.4 Å². The second-order valence-electron chi connectivity index (χ2n) is 5.74. The second-order valence-corrected chi connectivity index (χ2v) is 5.74. The molecular formula is C15H21N5O. The molecule has 0 radical (unpaired) electrons. The standard InChI is InChI=1S/C15H21N5O/c1-9-7-12(13-10(2)19-20(3)14(13)17-9)15(21)18-11-5-4-6-16-8-11/h7,11,16H,4-6,8H2,1-3H3,(H,18,21)/t11-/m0/s1. The summed E-state index contributed by atoms with van der Waals surface area (Å²) >= 11 is 0. The molecule has 0 bridgehead atoms. The Morgan fingerprint density at radius 2 is 2.29 bits per heavy atom. The fourth-order valence-corrected chi connectivity index (χ4v) is 2.99. The number of aryl methyl sites for hydroxylation is 3. The van der Waals surface area contributed by atoms with E-state index in [4.69, 9.17) is 0 Å². The Morgan fingerprint density at radius 1 is 1.48 bits per heavy atom. The van der Waals surface area contributed by atoms with Crippen molar-refractivity contribution in [2.24, 2.45) is 7.05 Å². The molecule has 0 aliphatic carbocycles. The molecule has 0 aromatic carbocycles. The van der Waals surface area contributed by atoms with Gasteiger partial charge < -0.3 is 10.6 Å². The van der Waals surface area contributed by atoms with Crippen LogP contribution in [0.25, 0.3) is 11.0 Å². The first-order valence-corrected chi connectivity index (χ1v) is 7.39. The number of amides is 1. The van der Waals surface area contributed by atoms with Crippen molar-refractivity contribution in [3.8, 4) is 0 Å². The molecule has 2 N–H and O–H groups in total. The summed E-state index contributed by atoms with van der Waals surface area (Å²) in [6, 6.07) is 2.05. The molecule has 3 heterocycles. The maximum Gasteiger partial charge on any atom is 0.252 e. The van der Waals surface area contributed by atoms with Crippen molar-refractivity contribution in [3.63, 3.8) is 0 Å². The zero-order chi connectivity index (χ0) is 15.0. The van der Waals surface area contributed by atoms with Crippen LogP contribution in [-0.4, -0.2) is 39.8 Å². The molecular weight excluding hydrogens is 266 g/mol. The van der Waals surface area contributed by atoms with Gasteiger partial charge in [0, 0.05) is 25.3 Å². The molecule has 1 aliphatic rings. The molecule has 6 heteroatoms. The summed E-state index contributed by atoms with van der Waals surface area (Å²) in [7, 11) is 1.86. The van der Waals surface area contributed by atoms with Crippen molar-refractivity contribution >= 4 is 16.9 Å². The predicted octanol–water partition coefficient (Wildman–Crippen LogP) is 1.07. The first-order chi connectivity index (χ1) is 10.1. The first-order valence-electron chi connectivity index (χ1n) is 7.39. The number of aromatic nitrogens is 3. The van der Waals surface area contributed by atoms with Crippen LogP contribution in [0.3, 0.4) is 0 Å². The summed E-state index contributed by atoms with van der Waals surface area (Å²) in [6.07, 6.45) is 2.12. The van der Waals surface area contributed by atoms with E-state index in [2.05, 4.69) is 20.7 Å². The van der Waals surface area contributed by atoms with E-state index in [9.17, 15) is 4.79 Å². The van der Waals surface area contributed by atoms with E-state index in [1.165, 1.54) is 0 Å². The smallest absolute Gasteiger partial charge is 0.252 e. The number of pyridine rings is 1. The van der Waals surface area contributed by atoms with Gasteiger partial charge >= 0.3 is 0 Å². The van der Waals surface area contributed by atoms with Crippen molar-refractivity contribution in [1.29, 1.82) is 0 Å². The molecule has 1 fully saturated rings. The number of hydrogen-bond donors (Lipinski definition) is 2. The molecule has 1 aliphatic heterocycles. The van der Waals surface area contributed by atoms with Gasteiger partial charge in [0.05, 0.1) is 16.6 Å². The average Bonchev–Trinajstić information content (AvgIpc) is 2.74. The van der Waals surface area contributed by atoms with E-state index in [1.807, 2.05) is 27.0 Å². The van der Waals surface area contributed by atoms with Gasteiger partial charge in [0.1, 0.15) is 0 Å². The maximum atomic E-state index is 12.6. The topological polar surface area (TPSA) is 71.8 Å². The SMILES string of the molecule is Cc1cc(C(=O)N[C@H]2CCCNC2)c2c(C)nn(C)c2n1. The van der Waals surface area contributed by atoms with E-state index in [0.29, 0.717) is 5.56 Å². The Bertz CT molecular complexity index is 685. The molecule has 112 valence electrons. The number of hydrogen-bond acceptors (Lipinski definition) is 4. The summed E-state index contributed by atoms with van der Waals surface area (Å²) in [5.74, 6) is -0.0321. The van der Waals surface area contributed by atoms with Crippen LogP contribution in [-0.2, 0) is 7.05 Å². The normalized spacial score (nSPS) is 18.9. The van der Waals surface area contributed by atoms with Crippen LogP contribution in [0.2, 0.25) is 0 Å². The lowest BCUT2D eigenvalue weighted by Crippen LogP contribution is -2.45. The molecule has 0 spiro atoms. The molecule has 2 aromatic heterocycles. The number of fused-ring (bicyclic) bond motifs is 1. The highest BCUT2D eigenvalue weighted by Crippen LogP contribution is 2.21. The Morgan fingerprint density at radius 3 is 3.00 bits per heavy atom. The number of carbonyl (C=O) groups is 1. The monoisotopic (exact) mass is 287 g/mol. The van der Waals surface area contributed by atoms with Gasteiger partial charge in [0.25, 0.3) is 5.91 Å². The van der Waals surface area contributed by atoms with Crippen LogP contribution >= 0.6 is 0 Å². The third-order valence-corrected chi connectivity index (χ3v) is 3.97. The fourth-order valence-electron chi connectivity index (χ4n) is 2.99. The minimum atomic E-state index is -0.0321. The molecule has 1 saturated heterocycles. The summed E-state index contributed by atoms with van der Waals surface area (Å²) in [4.78, 5) is 17.1. The lowest BCUT2D eigenvalue weighted by molar-refractivity contribution is 0.0932. The molecule has 1 atom stereocenters. The van der Waals surface area contributed by atoms with Crippen molar-refractivity contribution in [2.45, 2.75) is 32.7 Å². The van der Waals surface area contributed by atoms with Crippen LogP contribution in [0.1, 0.15) is 34.6 Å². The zero-order valence-electron chi connectivity index (χ0n) is 12.7. The zero-order valence-corrected chi connectivity index (χ0v) is 12.7. The van der Waals surface area contributed by atoms with Gasteiger partial charge in [0.15, 0.2) is 5.65 Å². The van der Waals surface area contributed by atoms with E-state index in [1.54, 1.807) is 4.68 Å². The Kier molecular flexibility index (Phi) is 3.63. The Balaban J connectivity index is 1.97. The lowest BCUT2D eigenvalue weighted by Gasteiger charge is -2.24. The van der Waals surface area contributed by atoms with Gasteiger partial charge in [-0.05, 0) is 39.3 Å². The highest BCUT2D eigenvalue weighted by molar-refractivity contribution is 6.06. The quantitative estimate of drug-likeness (QED) is 0.866. The number of nitrogens with zero attached hydrogens (tertiary/aromatic N) is 3. The van der Waals surface area contributed by atoms with Crippen molar-refractivity contribution in [2.75, 3.05) is 13.1 Å². The van der Waals surface area contributed by atoms with Crippen LogP contribution in [0.15, 0.2) is 6.07 Å². The molecule has 3 rings (SSSR count). The van der Waals surface area contributed by atoms with Gasteiger partial charge in [-0.1, -0.05) is 0 Å². The Labute approximate surface area is 123 Å². The molecule has 0 unspecified atom stereocenters. The van der Waals surface area contributed by atoms with Crippen molar-refractivity contribution < 1.29 is 4.79 Å². The van der Waals surface area contributed by atoms with Crippen LogP contribution in [0, 0.1) is 13.8 Å². The van der Waals surface area contributed by atoms with Gasteiger partial charge in [-0.15, -0.1) is 0 Å². The summed E-state index contributed by atoms with van der Waals surface area (Å²) in [5, 5.41) is 11.7. The molecule has 6 nitrogen and oxygen atoms in total. The van der Waals surface area contributed by atoms with Crippen molar-refractivity contribution in [1.82, 2.24) is 25.4 Å². The molecule has 1 amide bonds. The highest BCUT2D eigenvalue weighted by Gasteiger charge is 2.21. The van der Waals surface area contributed by atoms with Crippen molar-refractivity contribution in [3.05, 3.63) is 23.0 Å². The first kappa shape index (κ1) is 14.0. The highest BCUT2D eigenvalue weighted by atomic mass is 16.1. The maximum absolute atomic E-state index is 12.6.